The summed E-state index contributed by atoms with van der Waals surface area (Å²) in [6.07, 6.45) is -4.64. The van der Waals surface area contributed by atoms with Crippen LogP contribution in [0, 0.1) is 5.82 Å². The van der Waals surface area contributed by atoms with Crippen LogP contribution in [0.3, 0.4) is 0 Å². The van der Waals surface area contributed by atoms with E-state index in [0.717, 1.165) is 0 Å². The Kier molecular flexibility index (Phi) is 4.04. The van der Waals surface area contributed by atoms with Gasteiger partial charge in [0.25, 0.3) is 5.91 Å². The van der Waals surface area contributed by atoms with Crippen molar-refractivity contribution < 1.29 is 31.8 Å². The molecule has 1 N–H and O–H groups in total. The molecule has 0 atom stereocenters. The molecule has 0 radical (unpaired) electrons. The number of alkyl halides is 3. The van der Waals surface area contributed by atoms with Crippen molar-refractivity contribution >= 4 is 11.6 Å². The molecule has 8 heteroatoms. The first-order chi connectivity index (χ1) is 11.4. The lowest BCUT2D eigenvalue weighted by molar-refractivity contribution is -0.137. The molecule has 0 aliphatic carbocycles. The number of anilines is 1. The van der Waals surface area contributed by atoms with E-state index in [1.165, 1.54) is 12.1 Å². The van der Waals surface area contributed by atoms with Gasteiger partial charge in [-0.15, -0.1) is 0 Å². The summed E-state index contributed by atoms with van der Waals surface area (Å²) in [6.45, 7) is 0.551. The van der Waals surface area contributed by atoms with E-state index in [2.05, 4.69) is 5.32 Å². The second kappa shape index (κ2) is 6.03. The van der Waals surface area contributed by atoms with Crippen molar-refractivity contribution in [3.8, 4) is 11.5 Å². The number of ether oxygens (including phenoxy) is 2. The molecule has 24 heavy (non-hydrogen) atoms. The van der Waals surface area contributed by atoms with Crippen molar-refractivity contribution in [1.29, 1.82) is 0 Å². The Balaban J connectivity index is 1.91. The minimum Gasteiger partial charge on any atom is -0.486 e. The summed E-state index contributed by atoms with van der Waals surface area (Å²) >= 11 is 0. The van der Waals surface area contributed by atoms with Crippen LogP contribution in [0.15, 0.2) is 36.4 Å². The smallest absolute Gasteiger partial charge is 0.416 e. The first-order valence-corrected chi connectivity index (χ1v) is 6.93. The number of carbonyl (C=O) groups excluding carboxylic acids is 1. The minimum absolute atomic E-state index is 0.0454. The lowest BCUT2D eigenvalue weighted by Gasteiger charge is -2.20. The summed E-state index contributed by atoms with van der Waals surface area (Å²) < 4.78 is 62.6. The average molecular weight is 341 g/mol. The molecule has 0 saturated heterocycles. The van der Waals surface area contributed by atoms with Gasteiger partial charge in [-0.05, 0) is 30.3 Å². The van der Waals surface area contributed by atoms with Crippen molar-refractivity contribution in [3.05, 3.63) is 53.3 Å². The van der Waals surface area contributed by atoms with Crippen molar-refractivity contribution in [3.63, 3.8) is 0 Å². The summed E-state index contributed by atoms with van der Waals surface area (Å²) in [7, 11) is 0. The van der Waals surface area contributed by atoms with Crippen LogP contribution in [0.25, 0.3) is 0 Å². The standard InChI is InChI=1S/C16H11F4NO3/c17-11-5-4-9(16(18,19)20)8-12(11)21-15(22)10-2-1-3-13-14(10)24-7-6-23-13/h1-5,8H,6-7H2,(H,21,22). The highest BCUT2D eigenvalue weighted by molar-refractivity contribution is 6.06. The third kappa shape index (κ3) is 3.12. The van der Waals surface area contributed by atoms with Crippen LogP contribution >= 0.6 is 0 Å². The van der Waals surface area contributed by atoms with Gasteiger partial charge in [-0.1, -0.05) is 6.07 Å². The van der Waals surface area contributed by atoms with Gasteiger partial charge in [0.2, 0.25) is 0 Å². The first kappa shape index (κ1) is 16.1. The average Bonchev–Trinajstić information content (AvgIpc) is 2.55. The number of amides is 1. The van der Waals surface area contributed by atoms with E-state index in [9.17, 15) is 22.4 Å². The maximum Gasteiger partial charge on any atom is 0.416 e. The number of hydrogen-bond donors (Lipinski definition) is 1. The van der Waals surface area contributed by atoms with Crippen molar-refractivity contribution in [2.45, 2.75) is 6.18 Å². The maximum atomic E-state index is 13.7. The summed E-state index contributed by atoms with van der Waals surface area (Å²) in [5.74, 6) is -1.25. The van der Waals surface area contributed by atoms with Gasteiger partial charge >= 0.3 is 6.18 Å². The van der Waals surface area contributed by atoms with Gasteiger partial charge in [-0.25, -0.2) is 4.39 Å². The molecule has 126 valence electrons. The van der Waals surface area contributed by atoms with Crippen LogP contribution in [-0.4, -0.2) is 19.1 Å². The second-order valence-corrected chi connectivity index (χ2v) is 4.98. The molecule has 1 heterocycles. The zero-order valence-electron chi connectivity index (χ0n) is 12.1. The number of carbonyl (C=O) groups is 1. The van der Waals surface area contributed by atoms with Gasteiger partial charge in [0.15, 0.2) is 11.5 Å². The van der Waals surface area contributed by atoms with E-state index >= 15 is 0 Å². The lowest BCUT2D eigenvalue weighted by atomic mass is 10.1. The minimum atomic E-state index is -4.64. The molecule has 1 aliphatic heterocycles. The Morgan fingerprint density at radius 2 is 1.83 bits per heavy atom. The topological polar surface area (TPSA) is 47.6 Å². The van der Waals surface area contributed by atoms with E-state index in [4.69, 9.17) is 9.47 Å². The first-order valence-electron chi connectivity index (χ1n) is 6.93. The highest BCUT2D eigenvalue weighted by atomic mass is 19.4. The van der Waals surface area contributed by atoms with Crippen LogP contribution in [-0.2, 0) is 6.18 Å². The second-order valence-electron chi connectivity index (χ2n) is 4.98. The molecule has 4 nitrogen and oxygen atoms in total. The van der Waals surface area contributed by atoms with Crippen LogP contribution in [0.2, 0.25) is 0 Å². The van der Waals surface area contributed by atoms with Crippen LogP contribution in [0.1, 0.15) is 15.9 Å². The fraction of sp³-hybridized carbons (Fsp3) is 0.188. The Labute approximate surface area is 134 Å². The van der Waals surface area contributed by atoms with Crippen molar-refractivity contribution in [2.75, 3.05) is 18.5 Å². The van der Waals surface area contributed by atoms with E-state index in [0.29, 0.717) is 30.6 Å². The number of benzene rings is 2. The Morgan fingerprint density at radius 1 is 1.08 bits per heavy atom. The van der Waals surface area contributed by atoms with E-state index in [-0.39, 0.29) is 17.9 Å². The van der Waals surface area contributed by atoms with Gasteiger partial charge in [-0.2, -0.15) is 13.2 Å². The number of nitrogens with one attached hydrogen (secondary N) is 1. The Bertz CT molecular complexity index is 789. The molecule has 0 unspecified atom stereocenters. The fourth-order valence-corrected chi connectivity index (χ4v) is 2.24. The molecule has 1 aliphatic rings. The predicted molar refractivity (Wildman–Crippen MR) is 76.8 cm³/mol. The highest BCUT2D eigenvalue weighted by Crippen LogP contribution is 2.35. The summed E-state index contributed by atoms with van der Waals surface area (Å²) in [5, 5.41) is 2.14. The van der Waals surface area contributed by atoms with E-state index < -0.39 is 29.2 Å². The van der Waals surface area contributed by atoms with Crippen LogP contribution < -0.4 is 14.8 Å². The predicted octanol–water partition coefficient (Wildman–Crippen LogP) is 3.87. The Hall–Kier alpha value is -2.77. The summed E-state index contributed by atoms with van der Waals surface area (Å²) in [6, 6.07) is 6.33. The molecule has 1 amide bonds. The number of para-hydroxylation sites is 1. The molecule has 0 aromatic heterocycles. The zero-order chi connectivity index (χ0) is 17.3. The third-order valence-corrected chi connectivity index (χ3v) is 3.35. The SMILES string of the molecule is O=C(Nc1cc(C(F)(F)F)ccc1F)c1cccc2c1OCCO2. The summed E-state index contributed by atoms with van der Waals surface area (Å²) in [5.41, 5.74) is -1.58. The van der Waals surface area contributed by atoms with Gasteiger partial charge in [0, 0.05) is 0 Å². The van der Waals surface area contributed by atoms with Gasteiger partial charge in [-0.3, -0.25) is 4.79 Å². The number of halogens is 4. The summed E-state index contributed by atoms with van der Waals surface area (Å²) in [4.78, 5) is 12.3. The molecule has 0 bridgehead atoms. The fourth-order valence-electron chi connectivity index (χ4n) is 2.24. The van der Waals surface area contributed by atoms with Crippen LogP contribution in [0.5, 0.6) is 11.5 Å². The molecule has 0 spiro atoms. The van der Waals surface area contributed by atoms with E-state index in [1.54, 1.807) is 6.07 Å². The van der Waals surface area contributed by atoms with Gasteiger partial charge in [0.05, 0.1) is 16.8 Å². The van der Waals surface area contributed by atoms with E-state index in [1.807, 2.05) is 0 Å². The molecule has 0 fully saturated rings. The molecular weight excluding hydrogens is 330 g/mol. The monoisotopic (exact) mass is 341 g/mol. The Morgan fingerprint density at radius 3 is 2.58 bits per heavy atom. The quantitative estimate of drug-likeness (QED) is 0.844. The van der Waals surface area contributed by atoms with Crippen LogP contribution in [0.4, 0.5) is 23.2 Å². The number of fused-ring (bicyclic) bond motifs is 1. The number of rotatable bonds is 2. The maximum absolute atomic E-state index is 13.7. The normalized spacial score (nSPS) is 13.5. The lowest BCUT2D eigenvalue weighted by Crippen LogP contribution is -2.20. The van der Waals surface area contributed by atoms with Gasteiger partial charge in [0.1, 0.15) is 19.0 Å². The molecule has 3 rings (SSSR count). The molecule has 2 aromatic rings. The van der Waals surface area contributed by atoms with Gasteiger partial charge < -0.3 is 14.8 Å². The molecular formula is C16H11F4NO3. The highest BCUT2D eigenvalue weighted by Gasteiger charge is 2.31. The third-order valence-electron chi connectivity index (χ3n) is 3.35. The number of hydrogen-bond acceptors (Lipinski definition) is 3. The largest absolute Gasteiger partial charge is 0.486 e. The zero-order valence-corrected chi connectivity index (χ0v) is 12.1. The van der Waals surface area contributed by atoms with Crippen molar-refractivity contribution in [1.82, 2.24) is 0 Å². The van der Waals surface area contributed by atoms with Crippen molar-refractivity contribution in [2.24, 2.45) is 0 Å². The molecule has 0 saturated carbocycles. The molecule has 2 aromatic carbocycles.